The highest BCUT2D eigenvalue weighted by atomic mass is 16.5. The van der Waals surface area contributed by atoms with Crippen LogP contribution in [0, 0.1) is 0 Å². The Morgan fingerprint density at radius 3 is 2.52 bits per heavy atom. The van der Waals surface area contributed by atoms with Gasteiger partial charge in [-0.2, -0.15) is 0 Å². The molecule has 0 bridgehead atoms. The molecule has 1 aliphatic heterocycles. The molecule has 1 heterocycles. The Kier molecular flexibility index (Phi) is 8.27. The summed E-state index contributed by atoms with van der Waals surface area (Å²) in [5, 5.41) is 11.1. The minimum Gasteiger partial charge on any atom is -0.507 e. The lowest BCUT2D eigenvalue weighted by atomic mass is 9.95. The molecular weight excluding hydrogens is 422 g/mol. The first-order valence-corrected chi connectivity index (χ1v) is 10.9. The Bertz CT molecular complexity index is 1030. The maximum Gasteiger partial charge on any atom is 0.295 e. The van der Waals surface area contributed by atoms with Gasteiger partial charge in [-0.05, 0) is 48.4 Å². The number of methoxy groups -OCH3 is 1. The van der Waals surface area contributed by atoms with Crippen LogP contribution in [0.3, 0.4) is 0 Å². The molecule has 0 radical (unpaired) electrons. The Balaban J connectivity index is 2.05. The molecule has 7 nitrogen and oxygen atoms in total. The lowest BCUT2D eigenvalue weighted by Gasteiger charge is -2.25. The van der Waals surface area contributed by atoms with Crippen molar-refractivity contribution in [3.8, 4) is 11.5 Å². The first-order chi connectivity index (χ1) is 16.0. The topological polar surface area (TPSA) is 85.3 Å². The number of benzene rings is 2. The lowest BCUT2D eigenvalue weighted by molar-refractivity contribution is -0.140. The maximum atomic E-state index is 13.0. The van der Waals surface area contributed by atoms with Gasteiger partial charge in [0.05, 0.1) is 24.8 Å². The number of amides is 1. The van der Waals surface area contributed by atoms with Gasteiger partial charge in [-0.3, -0.25) is 9.59 Å². The van der Waals surface area contributed by atoms with Gasteiger partial charge in [-0.25, -0.2) is 0 Å². The van der Waals surface area contributed by atoms with Gasteiger partial charge >= 0.3 is 0 Å². The third kappa shape index (κ3) is 5.43. The Morgan fingerprint density at radius 2 is 1.85 bits per heavy atom. The second-order valence-electron chi connectivity index (χ2n) is 7.53. The molecule has 1 aliphatic rings. The monoisotopic (exact) mass is 451 g/mol. The largest absolute Gasteiger partial charge is 0.507 e. The molecule has 33 heavy (non-hydrogen) atoms. The van der Waals surface area contributed by atoms with E-state index in [1.807, 2.05) is 6.92 Å². The zero-order valence-corrected chi connectivity index (χ0v) is 19.0. The molecule has 3 rings (SSSR count). The number of carbonyl (C=O) groups excluding carboxylic acids is 2. The van der Waals surface area contributed by atoms with Crippen LogP contribution < -0.4 is 9.47 Å². The predicted octanol–water partition coefficient (Wildman–Crippen LogP) is 4.11. The van der Waals surface area contributed by atoms with Crippen molar-refractivity contribution in [2.75, 3.05) is 33.5 Å². The van der Waals surface area contributed by atoms with Crippen LogP contribution in [0.5, 0.6) is 11.5 Å². The predicted molar refractivity (Wildman–Crippen MR) is 125 cm³/mol. The molecule has 1 N–H and O–H groups in total. The molecule has 1 fully saturated rings. The Labute approximate surface area is 193 Å². The standard InChI is InChI=1S/C26H29NO6/c1-4-14-32-20-11-9-18(10-12-20)24(28)22-23(27(13-16-31-3)26(30)25(22)29)19-7-6-8-21(17-19)33-15-5-2/h5-12,17,23,28H,2,4,13-16H2,1,3H3/b24-22-. The van der Waals surface area contributed by atoms with Crippen molar-refractivity contribution in [2.24, 2.45) is 0 Å². The van der Waals surface area contributed by atoms with Crippen molar-refractivity contribution in [1.29, 1.82) is 0 Å². The molecule has 7 heteroatoms. The highest BCUT2D eigenvalue weighted by molar-refractivity contribution is 6.46. The van der Waals surface area contributed by atoms with Crippen LogP contribution >= 0.6 is 0 Å². The lowest BCUT2D eigenvalue weighted by Crippen LogP contribution is -2.32. The molecule has 2 aromatic rings. The molecule has 2 aromatic carbocycles. The number of rotatable bonds is 11. The number of hydrogen-bond acceptors (Lipinski definition) is 6. The summed E-state index contributed by atoms with van der Waals surface area (Å²) in [6.45, 7) is 7.01. The number of Topliss-reactive ketones (excluding diaryl/α,β-unsaturated/α-hetero) is 1. The molecule has 1 saturated heterocycles. The zero-order valence-electron chi connectivity index (χ0n) is 19.0. The molecule has 0 spiro atoms. The van der Waals surface area contributed by atoms with Crippen molar-refractivity contribution in [3.05, 3.63) is 77.9 Å². The van der Waals surface area contributed by atoms with E-state index >= 15 is 0 Å². The van der Waals surface area contributed by atoms with Crippen LogP contribution in [-0.2, 0) is 14.3 Å². The van der Waals surface area contributed by atoms with Crippen molar-refractivity contribution >= 4 is 17.4 Å². The van der Waals surface area contributed by atoms with E-state index in [1.54, 1.807) is 54.6 Å². The number of hydrogen-bond donors (Lipinski definition) is 1. The Morgan fingerprint density at radius 1 is 1.09 bits per heavy atom. The molecule has 1 amide bonds. The van der Waals surface area contributed by atoms with Gasteiger partial charge in [0.25, 0.3) is 11.7 Å². The third-order valence-electron chi connectivity index (χ3n) is 5.22. The fourth-order valence-electron chi connectivity index (χ4n) is 3.66. The van der Waals surface area contributed by atoms with E-state index in [-0.39, 0.29) is 24.5 Å². The highest BCUT2D eigenvalue weighted by Gasteiger charge is 2.46. The normalized spacial score (nSPS) is 17.3. The van der Waals surface area contributed by atoms with Gasteiger partial charge in [0.2, 0.25) is 0 Å². The average Bonchev–Trinajstić information content (AvgIpc) is 3.09. The van der Waals surface area contributed by atoms with Gasteiger partial charge < -0.3 is 24.2 Å². The summed E-state index contributed by atoms with van der Waals surface area (Å²) in [5.74, 6) is -0.423. The zero-order chi connectivity index (χ0) is 23.8. The summed E-state index contributed by atoms with van der Waals surface area (Å²) < 4.78 is 16.4. The van der Waals surface area contributed by atoms with Gasteiger partial charge in [0, 0.05) is 19.2 Å². The second-order valence-corrected chi connectivity index (χ2v) is 7.53. The van der Waals surface area contributed by atoms with E-state index in [4.69, 9.17) is 14.2 Å². The first kappa shape index (κ1) is 24.1. The molecule has 1 unspecified atom stereocenters. The summed E-state index contributed by atoms with van der Waals surface area (Å²) in [5.41, 5.74) is 1.10. The minimum atomic E-state index is -0.775. The van der Waals surface area contributed by atoms with Gasteiger partial charge in [-0.1, -0.05) is 31.7 Å². The summed E-state index contributed by atoms with van der Waals surface area (Å²) in [6.07, 6.45) is 2.51. The maximum absolute atomic E-state index is 13.0. The van der Waals surface area contributed by atoms with Gasteiger partial charge in [0.15, 0.2) is 0 Å². The molecule has 1 atom stereocenters. The number of carbonyl (C=O) groups is 2. The van der Waals surface area contributed by atoms with Crippen molar-refractivity contribution in [2.45, 2.75) is 19.4 Å². The van der Waals surface area contributed by atoms with Crippen LogP contribution in [0.25, 0.3) is 5.76 Å². The average molecular weight is 452 g/mol. The summed E-state index contributed by atoms with van der Waals surface area (Å²) in [4.78, 5) is 27.3. The smallest absolute Gasteiger partial charge is 0.295 e. The van der Waals surface area contributed by atoms with Crippen LogP contribution in [0.15, 0.2) is 66.8 Å². The van der Waals surface area contributed by atoms with Crippen LogP contribution in [0.4, 0.5) is 0 Å². The van der Waals surface area contributed by atoms with Gasteiger partial charge in [0.1, 0.15) is 23.9 Å². The summed E-state index contributed by atoms with van der Waals surface area (Å²) >= 11 is 0. The van der Waals surface area contributed by atoms with Crippen LogP contribution in [0.2, 0.25) is 0 Å². The van der Waals surface area contributed by atoms with Crippen molar-refractivity contribution in [1.82, 2.24) is 4.90 Å². The van der Waals surface area contributed by atoms with E-state index in [1.165, 1.54) is 12.0 Å². The van der Waals surface area contributed by atoms with Crippen molar-refractivity contribution in [3.63, 3.8) is 0 Å². The number of ether oxygens (including phenoxy) is 3. The molecular formula is C26H29NO6. The van der Waals surface area contributed by atoms with E-state index < -0.39 is 17.7 Å². The van der Waals surface area contributed by atoms with Crippen LogP contribution in [0.1, 0.15) is 30.5 Å². The molecule has 0 aliphatic carbocycles. The fraction of sp³-hybridized carbons (Fsp3) is 0.308. The number of likely N-dealkylation sites (tertiary alicyclic amines) is 1. The van der Waals surface area contributed by atoms with Gasteiger partial charge in [-0.15, -0.1) is 0 Å². The second kappa shape index (κ2) is 11.3. The van der Waals surface area contributed by atoms with E-state index in [0.717, 1.165) is 6.42 Å². The molecule has 0 aromatic heterocycles. The number of ketones is 1. The van der Waals surface area contributed by atoms with Crippen molar-refractivity contribution < 1.29 is 28.9 Å². The highest BCUT2D eigenvalue weighted by Crippen LogP contribution is 2.40. The number of aliphatic hydroxyl groups excluding tert-OH is 1. The Hall–Kier alpha value is -3.58. The minimum absolute atomic E-state index is 0.0270. The van der Waals surface area contributed by atoms with Crippen LogP contribution in [-0.4, -0.2) is 55.2 Å². The summed E-state index contributed by atoms with van der Waals surface area (Å²) in [7, 11) is 1.53. The fourth-order valence-corrected chi connectivity index (χ4v) is 3.66. The quantitative estimate of drug-likeness (QED) is 0.240. The SMILES string of the molecule is C=CCOc1cccc(C2/C(=C(/O)c3ccc(OCCC)cc3)C(=O)C(=O)N2CCOC)c1. The number of nitrogens with zero attached hydrogens (tertiary/aromatic N) is 1. The molecule has 174 valence electrons. The first-order valence-electron chi connectivity index (χ1n) is 10.9. The summed E-state index contributed by atoms with van der Waals surface area (Å²) in [6, 6.07) is 13.1. The van der Waals surface area contributed by atoms with E-state index in [0.29, 0.717) is 35.8 Å². The van der Waals surface area contributed by atoms with E-state index in [9.17, 15) is 14.7 Å². The molecule has 0 saturated carbocycles. The number of aliphatic hydroxyl groups is 1. The van der Waals surface area contributed by atoms with E-state index in [2.05, 4.69) is 6.58 Å². The third-order valence-corrected chi connectivity index (χ3v) is 5.22.